The average Bonchev–Trinajstić information content (AvgIpc) is 3.18. The van der Waals surface area contributed by atoms with Crippen LogP contribution in [0.2, 0.25) is 0 Å². The van der Waals surface area contributed by atoms with E-state index >= 15 is 0 Å². The van der Waals surface area contributed by atoms with E-state index in [2.05, 4.69) is 0 Å². The molecule has 1 aromatic heterocycles. The number of carbonyl (C=O) groups excluding carboxylic acids is 1. The van der Waals surface area contributed by atoms with Gasteiger partial charge in [-0.3, -0.25) is 4.79 Å². The van der Waals surface area contributed by atoms with Crippen molar-refractivity contribution >= 4 is 26.0 Å². The van der Waals surface area contributed by atoms with Crippen molar-refractivity contribution in [2.45, 2.75) is 43.2 Å². The zero-order chi connectivity index (χ0) is 20.5. The van der Waals surface area contributed by atoms with Crippen LogP contribution in [-0.2, 0) is 20.0 Å². The third kappa shape index (κ3) is 4.42. The molecule has 0 N–H and O–H groups in total. The molecule has 0 atom stereocenters. The van der Waals surface area contributed by atoms with Gasteiger partial charge >= 0.3 is 0 Å². The second kappa shape index (κ2) is 8.13. The molecule has 9 nitrogen and oxygen atoms in total. The average molecular weight is 434 g/mol. The Morgan fingerprint density at radius 1 is 1.04 bits per heavy atom. The van der Waals surface area contributed by atoms with E-state index < -0.39 is 20.0 Å². The Labute approximate surface area is 166 Å². The highest BCUT2D eigenvalue weighted by Crippen LogP contribution is 2.24. The molecule has 0 aromatic carbocycles. The molecule has 2 fully saturated rings. The van der Waals surface area contributed by atoms with Crippen molar-refractivity contribution in [3.05, 3.63) is 17.9 Å². The lowest BCUT2D eigenvalue weighted by molar-refractivity contribution is 0.0648. The number of carbonyl (C=O) groups is 1. The van der Waals surface area contributed by atoms with Gasteiger partial charge in [0.1, 0.15) is 0 Å². The van der Waals surface area contributed by atoms with E-state index in [1.165, 1.54) is 20.7 Å². The van der Waals surface area contributed by atoms with Crippen molar-refractivity contribution in [2.24, 2.45) is 0 Å². The molecular formula is C17H27N3O6S2. The summed E-state index contributed by atoms with van der Waals surface area (Å²) in [7, 11) is -5.45. The summed E-state index contributed by atoms with van der Waals surface area (Å²) in [6, 6.07) is 2.58. The SMILES string of the molecule is CN(C1CCN(C(=O)c2ccc(S(=O)(=O)N3CCCCC3)o2)CC1)S(C)(=O)=O. The van der Waals surface area contributed by atoms with Crippen LogP contribution in [0.4, 0.5) is 0 Å². The summed E-state index contributed by atoms with van der Waals surface area (Å²) < 4.78 is 56.8. The van der Waals surface area contributed by atoms with Gasteiger partial charge in [0.25, 0.3) is 15.9 Å². The predicted octanol–water partition coefficient (Wildman–Crippen LogP) is 0.950. The molecule has 0 spiro atoms. The second-order valence-corrected chi connectivity index (χ2v) is 11.3. The number of likely N-dealkylation sites (tertiary alicyclic amines) is 1. The lowest BCUT2D eigenvalue weighted by Gasteiger charge is -2.35. The van der Waals surface area contributed by atoms with Crippen LogP contribution in [-0.4, -0.2) is 81.8 Å². The Kier molecular flexibility index (Phi) is 6.18. The van der Waals surface area contributed by atoms with Gasteiger partial charge in [-0.05, 0) is 37.8 Å². The maximum absolute atomic E-state index is 12.7. The van der Waals surface area contributed by atoms with Gasteiger partial charge in [-0.2, -0.15) is 4.31 Å². The van der Waals surface area contributed by atoms with Crippen LogP contribution >= 0.6 is 0 Å². The molecule has 3 heterocycles. The van der Waals surface area contributed by atoms with Crippen LogP contribution in [0.3, 0.4) is 0 Å². The summed E-state index contributed by atoms with van der Waals surface area (Å²) in [6.45, 7) is 1.71. The molecular weight excluding hydrogens is 406 g/mol. The number of piperidine rings is 2. The van der Waals surface area contributed by atoms with Crippen molar-refractivity contribution in [1.82, 2.24) is 13.5 Å². The first-order valence-electron chi connectivity index (χ1n) is 9.43. The number of rotatable bonds is 5. The standard InChI is InChI=1S/C17H27N3O6S2/c1-18(27(2,22)23)14-8-12-19(13-9-14)17(21)15-6-7-16(26-15)28(24,25)20-10-4-3-5-11-20/h6-7,14H,3-5,8-13H2,1-2H3. The highest BCUT2D eigenvalue weighted by atomic mass is 32.2. The zero-order valence-electron chi connectivity index (χ0n) is 16.2. The predicted molar refractivity (Wildman–Crippen MR) is 103 cm³/mol. The Morgan fingerprint density at radius 2 is 1.64 bits per heavy atom. The number of sulfonamides is 2. The van der Waals surface area contributed by atoms with E-state index in [1.807, 2.05) is 0 Å². The van der Waals surface area contributed by atoms with Crippen LogP contribution in [0, 0.1) is 0 Å². The summed E-state index contributed by atoms with van der Waals surface area (Å²) in [5, 5.41) is -0.204. The number of hydrogen-bond donors (Lipinski definition) is 0. The Hall–Kier alpha value is -1.43. The van der Waals surface area contributed by atoms with Crippen LogP contribution in [0.5, 0.6) is 0 Å². The number of amides is 1. The largest absolute Gasteiger partial charge is 0.438 e. The molecule has 3 rings (SSSR count). The summed E-state index contributed by atoms with van der Waals surface area (Å²) in [6.07, 6.45) is 4.87. The van der Waals surface area contributed by atoms with Gasteiger partial charge in [-0.1, -0.05) is 6.42 Å². The van der Waals surface area contributed by atoms with Gasteiger partial charge in [0.2, 0.25) is 15.1 Å². The van der Waals surface area contributed by atoms with Crippen molar-refractivity contribution in [1.29, 1.82) is 0 Å². The van der Waals surface area contributed by atoms with Crippen LogP contribution in [0.25, 0.3) is 0 Å². The highest BCUT2D eigenvalue weighted by Gasteiger charge is 2.33. The first kappa shape index (κ1) is 21.3. The summed E-state index contributed by atoms with van der Waals surface area (Å²) in [4.78, 5) is 14.3. The Bertz CT molecular complexity index is 910. The molecule has 2 aliphatic heterocycles. The quantitative estimate of drug-likeness (QED) is 0.684. The van der Waals surface area contributed by atoms with Crippen molar-refractivity contribution in [2.75, 3.05) is 39.5 Å². The molecule has 1 amide bonds. The lowest BCUT2D eigenvalue weighted by atomic mass is 10.1. The Morgan fingerprint density at radius 3 is 2.21 bits per heavy atom. The molecule has 0 radical (unpaired) electrons. The number of hydrogen-bond acceptors (Lipinski definition) is 6. The fraction of sp³-hybridized carbons (Fsp3) is 0.706. The molecule has 0 aliphatic carbocycles. The van der Waals surface area contributed by atoms with E-state index in [9.17, 15) is 21.6 Å². The molecule has 158 valence electrons. The van der Waals surface area contributed by atoms with Crippen molar-refractivity contribution in [3.8, 4) is 0 Å². The maximum Gasteiger partial charge on any atom is 0.289 e. The number of furan rings is 1. The minimum atomic E-state index is -3.72. The third-order valence-corrected chi connectivity index (χ3v) is 8.61. The first-order valence-corrected chi connectivity index (χ1v) is 12.7. The topological polar surface area (TPSA) is 108 Å². The summed E-state index contributed by atoms with van der Waals surface area (Å²) >= 11 is 0. The first-order chi connectivity index (χ1) is 13.1. The smallest absolute Gasteiger partial charge is 0.289 e. The van der Waals surface area contributed by atoms with Crippen molar-refractivity contribution in [3.63, 3.8) is 0 Å². The molecule has 28 heavy (non-hydrogen) atoms. The molecule has 2 saturated heterocycles. The van der Waals surface area contributed by atoms with Crippen LogP contribution in [0.1, 0.15) is 42.7 Å². The fourth-order valence-corrected chi connectivity index (χ4v) is 5.85. The van der Waals surface area contributed by atoms with E-state index in [-0.39, 0.29) is 22.8 Å². The second-order valence-electron chi connectivity index (χ2n) is 7.39. The van der Waals surface area contributed by atoms with Gasteiger partial charge in [-0.15, -0.1) is 0 Å². The fourth-order valence-electron chi connectivity index (χ4n) is 3.67. The van der Waals surface area contributed by atoms with E-state index in [0.29, 0.717) is 39.0 Å². The molecule has 1 aromatic rings. The molecule has 2 aliphatic rings. The van der Waals surface area contributed by atoms with Gasteiger partial charge < -0.3 is 9.32 Å². The maximum atomic E-state index is 12.7. The van der Waals surface area contributed by atoms with Crippen LogP contribution in [0.15, 0.2) is 21.6 Å². The van der Waals surface area contributed by atoms with Gasteiger partial charge in [-0.25, -0.2) is 21.1 Å². The zero-order valence-corrected chi connectivity index (χ0v) is 17.8. The van der Waals surface area contributed by atoms with E-state index in [0.717, 1.165) is 25.5 Å². The molecule has 11 heteroatoms. The molecule has 0 unspecified atom stereocenters. The monoisotopic (exact) mass is 433 g/mol. The Balaban J connectivity index is 1.65. The summed E-state index contributed by atoms with van der Waals surface area (Å²) in [5.74, 6) is -0.383. The van der Waals surface area contributed by atoms with Gasteiger partial charge in [0.05, 0.1) is 6.26 Å². The van der Waals surface area contributed by atoms with Gasteiger partial charge in [0.15, 0.2) is 5.76 Å². The number of nitrogens with zero attached hydrogens (tertiary/aromatic N) is 3. The van der Waals surface area contributed by atoms with E-state index in [4.69, 9.17) is 4.42 Å². The van der Waals surface area contributed by atoms with Crippen LogP contribution < -0.4 is 0 Å². The summed E-state index contributed by atoms with van der Waals surface area (Å²) in [5.41, 5.74) is 0. The third-order valence-electron chi connectivity index (χ3n) is 5.49. The van der Waals surface area contributed by atoms with Crippen molar-refractivity contribution < 1.29 is 26.0 Å². The van der Waals surface area contributed by atoms with E-state index in [1.54, 1.807) is 11.9 Å². The minimum absolute atomic E-state index is 0.00879. The lowest BCUT2D eigenvalue weighted by Crippen LogP contribution is -2.46. The van der Waals surface area contributed by atoms with Gasteiger partial charge in [0, 0.05) is 39.3 Å². The molecule has 0 bridgehead atoms. The minimum Gasteiger partial charge on any atom is -0.438 e. The molecule has 0 saturated carbocycles. The normalized spacial score (nSPS) is 20.6. The highest BCUT2D eigenvalue weighted by molar-refractivity contribution is 7.89.